The predicted molar refractivity (Wildman–Crippen MR) is 63.5 cm³/mol. The van der Waals surface area contributed by atoms with Crippen molar-refractivity contribution >= 4 is 17.9 Å². The van der Waals surface area contributed by atoms with Crippen molar-refractivity contribution in [3.63, 3.8) is 0 Å². The molecule has 0 atom stereocenters. The van der Waals surface area contributed by atoms with Gasteiger partial charge in [0, 0.05) is 18.3 Å². The lowest BCUT2D eigenvalue weighted by Crippen LogP contribution is -2.16. The highest BCUT2D eigenvalue weighted by Crippen LogP contribution is 2.34. The molecule has 3 N–H and O–H groups in total. The van der Waals surface area contributed by atoms with E-state index in [0.29, 0.717) is 0 Å². The number of alkyl halides is 3. The van der Waals surface area contributed by atoms with Crippen molar-refractivity contribution in [2.24, 2.45) is 5.10 Å². The molecule has 0 aromatic heterocycles. The lowest BCUT2D eigenvalue weighted by atomic mass is 10.0. The molecule has 0 radical (unpaired) electrons. The first-order valence-electron chi connectivity index (χ1n) is 5.15. The molecule has 1 aromatic carbocycles. The van der Waals surface area contributed by atoms with Crippen LogP contribution in [0.2, 0.25) is 0 Å². The third-order valence-electron chi connectivity index (χ3n) is 2.23. The summed E-state index contributed by atoms with van der Waals surface area (Å²) in [5.74, 6) is 0. The van der Waals surface area contributed by atoms with Gasteiger partial charge in [0.15, 0.2) is 0 Å². The molecule has 0 aliphatic rings. The van der Waals surface area contributed by atoms with E-state index in [9.17, 15) is 18.0 Å². The molecule has 0 bridgehead atoms. The fourth-order valence-electron chi connectivity index (χ4n) is 1.41. The maximum Gasteiger partial charge on any atom is 0.418 e. The maximum atomic E-state index is 12.7. The summed E-state index contributed by atoms with van der Waals surface area (Å²) in [5.41, 5.74) is 6.70. The normalized spacial score (nSPS) is 12.1. The highest BCUT2D eigenvalue weighted by Gasteiger charge is 2.33. The quantitative estimate of drug-likeness (QED) is 0.368. The Morgan fingerprint density at radius 3 is 2.74 bits per heavy atom. The van der Waals surface area contributed by atoms with Crippen LogP contribution < -0.4 is 11.2 Å². The number of nitrogens with zero attached hydrogens (tertiary/aromatic N) is 1. The van der Waals surface area contributed by atoms with E-state index in [0.717, 1.165) is 12.1 Å². The van der Waals surface area contributed by atoms with Crippen molar-refractivity contribution in [2.45, 2.75) is 6.18 Å². The van der Waals surface area contributed by atoms with Crippen LogP contribution in [0.3, 0.4) is 0 Å². The van der Waals surface area contributed by atoms with E-state index in [-0.39, 0.29) is 30.0 Å². The molecule has 0 amide bonds. The van der Waals surface area contributed by atoms with Crippen LogP contribution in [0.1, 0.15) is 11.1 Å². The lowest BCUT2D eigenvalue weighted by Gasteiger charge is -2.12. The standard InChI is InChI=1S/C11H12F3N3O2/c1-16-17-10(5-19-6-18)7-2-3-9(15)8(4-7)11(12,13)14/h2-4,6,16H,5,15H2,1H3/b17-10+. The first-order valence-corrected chi connectivity index (χ1v) is 5.15. The molecule has 0 saturated heterocycles. The number of carbonyl (C=O) groups excluding carboxylic acids is 1. The Balaban J connectivity index is 3.18. The summed E-state index contributed by atoms with van der Waals surface area (Å²) < 4.78 is 42.6. The summed E-state index contributed by atoms with van der Waals surface area (Å²) >= 11 is 0. The van der Waals surface area contributed by atoms with Gasteiger partial charge in [0.2, 0.25) is 0 Å². The van der Waals surface area contributed by atoms with Crippen LogP contribution >= 0.6 is 0 Å². The Labute approximate surface area is 107 Å². The van der Waals surface area contributed by atoms with Crippen molar-refractivity contribution in [2.75, 3.05) is 19.4 Å². The number of hydrogen-bond acceptors (Lipinski definition) is 5. The topological polar surface area (TPSA) is 76.7 Å². The SMILES string of the molecule is CN/N=C(\COC=O)c1ccc(N)c(C(F)(F)F)c1. The van der Waals surface area contributed by atoms with Gasteiger partial charge in [0.1, 0.15) is 12.3 Å². The van der Waals surface area contributed by atoms with Gasteiger partial charge in [-0.05, 0) is 12.1 Å². The van der Waals surface area contributed by atoms with Gasteiger partial charge in [0.05, 0.1) is 5.56 Å². The van der Waals surface area contributed by atoms with E-state index in [2.05, 4.69) is 15.3 Å². The van der Waals surface area contributed by atoms with Crippen molar-refractivity contribution < 1.29 is 22.7 Å². The molecule has 8 heteroatoms. The van der Waals surface area contributed by atoms with Crippen LogP contribution in [0.25, 0.3) is 0 Å². The van der Waals surface area contributed by atoms with Gasteiger partial charge in [-0.15, -0.1) is 0 Å². The first-order chi connectivity index (χ1) is 8.90. The average molecular weight is 275 g/mol. The molecule has 1 aromatic rings. The van der Waals surface area contributed by atoms with Crippen LogP contribution in [-0.4, -0.2) is 25.8 Å². The molecule has 0 heterocycles. The van der Waals surface area contributed by atoms with E-state index >= 15 is 0 Å². The van der Waals surface area contributed by atoms with Crippen LogP contribution in [0.15, 0.2) is 23.3 Å². The summed E-state index contributed by atoms with van der Waals surface area (Å²) in [6.45, 7) is -0.0568. The number of hydrazone groups is 1. The molecule has 19 heavy (non-hydrogen) atoms. The number of nitrogens with one attached hydrogen (secondary N) is 1. The molecule has 0 aliphatic carbocycles. The zero-order chi connectivity index (χ0) is 14.5. The zero-order valence-electron chi connectivity index (χ0n) is 9.99. The van der Waals surface area contributed by atoms with E-state index < -0.39 is 11.7 Å². The second-order valence-electron chi connectivity index (χ2n) is 3.49. The summed E-state index contributed by atoms with van der Waals surface area (Å²) in [5, 5.41) is 3.76. The predicted octanol–water partition coefficient (Wildman–Crippen LogP) is 1.38. The van der Waals surface area contributed by atoms with E-state index in [1.807, 2.05) is 0 Å². The number of ether oxygens (including phenoxy) is 1. The van der Waals surface area contributed by atoms with Gasteiger partial charge in [-0.2, -0.15) is 18.3 Å². The number of benzene rings is 1. The molecule has 5 nitrogen and oxygen atoms in total. The largest absolute Gasteiger partial charge is 0.461 e. The Kier molecular flexibility index (Phi) is 4.74. The Morgan fingerprint density at radius 2 is 2.21 bits per heavy atom. The van der Waals surface area contributed by atoms with Gasteiger partial charge < -0.3 is 15.9 Å². The number of carbonyl (C=O) groups is 1. The molecule has 0 unspecified atom stereocenters. The minimum atomic E-state index is -4.56. The first kappa shape index (κ1) is 14.8. The van der Waals surface area contributed by atoms with Crippen molar-refractivity contribution in [3.05, 3.63) is 29.3 Å². The Bertz CT molecular complexity index is 487. The smallest absolute Gasteiger partial charge is 0.418 e. The van der Waals surface area contributed by atoms with Crippen LogP contribution in [-0.2, 0) is 15.7 Å². The molecule has 0 spiro atoms. The molecule has 0 aliphatic heterocycles. The second-order valence-corrected chi connectivity index (χ2v) is 3.49. The molecule has 1 rings (SSSR count). The fourth-order valence-corrected chi connectivity index (χ4v) is 1.41. The van der Waals surface area contributed by atoms with Gasteiger partial charge >= 0.3 is 6.18 Å². The summed E-state index contributed by atoms with van der Waals surface area (Å²) in [6, 6.07) is 3.36. The zero-order valence-corrected chi connectivity index (χ0v) is 9.99. The maximum absolute atomic E-state index is 12.7. The number of anilines is 1. The highest BCUT2D eigenvalue weighted by atomic mass is 19.4. The summed E-state index contributed by atoms with van der Waals surface area (Å²) in [7, 11) is 1.48. The van der Waals surface area contributed by atoms with Gasteiger partial charge in [-0.25, -0.2) is 0 Å². The Morgan fingerprint density at radius 1 is 1.53 bits per heavy atom. The van der Waals surface area contributed by atoms with Crippen molar-refractivity contribution in [1.29, 1.82) is 0 Å². The number of halogens is 3. The second kappa shape index (κ2) is 6.07. The van der Waals surface area contributed by atoms with E-state index in [1.54, 1.807) is 0 Å². The minimum absolute atomic E-state index is 0.153. The van der Waals surface area contributed by atoms with E-state index in [4.69, 9.17) is 5.73 Å². The van der Waals surface area contributed by atoms with Crippen LogP contribution in [0.4, 0.5) is 18.9 Å². The van der Waals surface area contributed by atoms with Crippen LogP contribution in [0.5, 0.6) is 0 Å². The summed E-state index contributed by atoms with van der Waals surface area (Å²) in [6.07, 6.45) is -4.56. The number of nitrogens with two attached hydrogens (primary N) is 1. The Hall–Kier alpha value is -2.25. The van der Waals surface area contributed by atoms with Gasteiger partial charge in [-0.1, -0.05) is 6.07 Å². The van der Waals surface area contributed by atoms with Crippen LogP contribution in [0, 0.1) is 0 Å². The number of rotatable bonds is 5. The van der Waals surface area contributed by atoms with E-state index in [1.165, 1.54) is 13.1 Å². The minimum Gasteiger partial charge on any atom is -0.461 e. The molecule has 0 saturated carbocycles. The molecular formula is C11H12F3N3O2. The lowest BCUT2D eigenvalue weighted by molar-refractivity contribution is -0.137. The fraction of sp³-hybridized carbons (Fsp3) is 0.273. The van der Waals surface area contributed by atoms with Gasteiger partial charge in [0.25, 0.3) is 6.47 Å². The highest BCUT2D eigenvalue weighted by molar-refractivity contribution is 6.02. The third-order valence-corrected chi connectivity index (χ3v) is 2.23. The third kappa shape index (κ3) is 3.87. The number of hydrogen-bond donors (Lipinski definition) is 2. The van der Waals surface area contributed by atoms with Crippen molar-refractivity contribution in [3.8, 4) is 0 Å². The molecule has 0 fully saturated rings. The number of nitrogen functional groups attached to an aromatic ring is 1. The van der Waals surface area contributed by atoms with Gasteiger partial charge in [-0.3, -0.25) is 4.79 Å². The molecule has 104 valence electrons. The average Bonchev–Trinajstić information content (AvgIpc) is 2.34. The monoisotopic (exact) mass is 275 g/mol. The van der Waals surface area contributed by atoms with Crippen molar-refractivity contribution in [1.82, 2.24) is 5.43 Å². The summed E-state index contributed by atoms with van der Waals surface area (Å²) in [4.78, 5) is 10.1. The molecular weight excluding hydrogens is 263 g/mol.